The fourth-order valence-corrected chi connectivity index (χ4v) is 3.87. The molecule has 3 aromatic carbocycles. The summed E-state index contributed by atoms with van der Waals surface area (Å²) in [6.45, 7) is 3.63. The Hall–Kier alpha value is -3.11. The highest BCUT2D eigenvalue weighted by atomic mass is 16.5. The number of hydrogen-bond donors (Lipinski definition) is 1. The van der Waals surface area contributed by atoms with Crippen molar-refractivity contribution in [2.75, 3.05) is 13.2 Å². The van der Waals surface area contributed by atoms with Crippen LogP contribution < -0.4 is 4.74 Å². The van der Waals surface area contributed by atoms with E-state index in [1.807, 2.05) is 41.3 Å². The van der Waals surface area contributed by atoms with Crippen molar-refractivity contribution < 1.29 is 14.6 Å². The lowest BCUT2D eigenvalue weighted by molar-refractivity contribution is -0.143. The van der Waals surface area contributed by atoms with Crippen LogP contribution in [-0.4, -0.2) is 29.1 Å². The Kier molecular flexibility index (Phi) is 5.13. The van der Waals surface area contributed by atoms with Gasteiger partial charge >= 0.3 is 5.97 Å². The molecule has 1 aliphatic rings. The molecule has 1 unspecified atom stereocenters. The van der Waals surface area contributed by atoms with Crippen molar-refractivity contribution in [2.24, 2.45) is 0 Å². The average Bonchev–Trinajstić information content (AvgIpc) is 2.87. The van der Waals surface area contributed by atoms with Crippen LogP contribution in [0.1, 0.15) is 22.7 Å². The van der Waals surface area contributed by atoms with Crippen LogP contribution in [0.3, 0.4) is 0 Å². The predicted molar refractivity (Wildman–Crippen MR) is 109 cm³/mol. The number of nitrogens with zero attached hydrogens (tertiary/aromatic N) is 1. The summed E-state index contributed by atoms with van der Waals surface area (Å²) in [5.41, 5.74) is 5.30. The van der Waals surface area contributed by atoms with E-state index in [2.05, 4.69) is 43.3 Å². The molecule has 0 amide bonds. The summed E-state index contributed by atoms with van der Waals surface area (Å²) in [5.74, 6) is -0.199. The van der Waals surface area contributed by atoms with Gasteiger partial charge in [-0.15, -0.1) is 0 Å². The molecule has 0 fully saturated rings. The van der Waals surface area contributed by atoms with Gasteiger partial charge in [0, 0.05) is 18.7 Å². The van der Waals surface area contributed by atoms with E-state index in [-0.39, 0.29) is 0 Å². The minimum Gasteiger partial charge on any atom is -0.492 e. The highest BCUT2D eigenvalue weighted by Gasteiger charge is 2.32. The number of ether oxygens (including phenoxy) is 1. The third-order valence-electron chi connectivity index (χ3n) is 5.17. The third kappa shape index (κ3) is 3.64. The number of benzene rings is 3. The summed E-state index contributed by atoms with van der Waals surface area (Å²) in [6.07, 6.45) is 0. The number of carbonyl (C=O) groups is 1. The highest BCUT2D eigenvalue weighted by Crippen LogP contribution is 2.34. The van der Waals surface area contributed by atoms with Gasteiger partial charge < -0.3 is 9.84 Å². The molecule has 3 aromatic rings. The van der Waals surface area contributed by atoms with Gasteiger partial charge in [0.25, 0.3) is 0 Å². The van der Waals surface area contributed by atoms with Gasteiger partial charge in [0.15, 0.2) is 0 Å². The maximum absolute atomic E-state index is 12.2. The van der Waals surface area contributed by atoms with E-state index in [4.69, 9.17) is 4.74 Å². The molecule has 142 valence electrons. The number of fused-ring (bicyclic) bond motifs is 1. The molecule has 1 heterocycles. The molecule has 0 spiro atoms. The van der Waals surface area contributed by atoms with Gasteiger partial charge in [-0.2, -0.15) is 0 Å². The monoisotopic (exact) mass is 373 g/mol. The second kappa shape index (κ2) is 7.87. The Labute approximate surface area is 165 Å². The van der Waals surface area contributed by atoms with E-state index in [1.54, 1.807) is 0 Å². The van der Waals surface area contributed by atoms with Crippen LogP contribution in [0.4, 0.5) is 0 Å². The lowest BCUT2D eigenvalue weighted by atomic mass is 9.97. The molecule has 4 nitrogen and oxygen atoms in total. The molecule has 4 heteroatoms. The molecule has 1 atom stereocenters. The third-order valence-corrected chi connectivity index (χ3v) is 5.17. The quantitative estimate of drug-likeness (QED) is 0.721. The van der Waals surface area contributed by atoms with Crippen LogP contribution in [0.25, 0.3) is 11.1 Å². The van der Waals surface area contributed by atoms with E-state index in [0.717, 1.165) is 16.7 Å². The Morgan fingerprint density at radius 1 is 1.07 bits per heavy atom. The van der Waals surface area contributed by atoms with Crippen molar-refractivity contribution in [3.8, 4) is 16.9 Å². The van der Waals surface area contributed by atoms with E-state index in [9.17, 15) is 9.90 Å². The van der Waals surface area contributed by atoms with Crippen LogP contribution in [0.15, 0.2) is 72.8 Å². The van der Waals surface area contributed by atoms with Crippen molar-refractivity contribution in [2.45, 2.75) is 19.5 Å². The average molecular weight is 373 g/mol. The molecular weight excluding hydrogens is 350 g/mol. The zero-order valence-electron chi connectivity index (χ0n) is 15.8. The predicted octanol–water partition coefficient (Wildman–Crippen LogP) is 4.68. The molecule has 0 bridgehead atoms. The Bertz CT molecular complexity index is 998. The van der Waals surface area contributed by atoms with Gasteiger partial charge in [-0.25, -0.2) is 0 Å². The largest absolute Gasteiger partial charge is 0.492 e. The zero-order valence-corrected chi connectivity index (χ0v) is 15.8. The summed E-state index contributed by atoms with van der Waals surface area (Å²) >= 11 is 0. The first-order valence-corrected chi connectivity index (χ1v) is 9.47. The summed E-state index contributed by atoms with van der Waals surface area (Å²) in [5, 5.41) is 9.98. The first kappa shape index (κ1) is 18.3. The van der Waals surface area contributed by atoms with Crippen LogP contribution in [0.2, 0.25) is 0 Å². The normalized spacial score (nSPS) is 16.7. The number of carboxylic acid groups (broad SMARTS) is 1. The lowest BCUT2D eigenvalue weighted by Gasteiger charge is -2.27. The number of rotatable bonds is 4. The first-order valence-electron chi connectivity index (χ1n) is 9.47. The Morgan fingerprint density at radius 3 is 2.68 bits per heavy atom. The Balaban J connectivity index is 1.72. The van der Waals surface area contributed by atoms with Gasteiger partial charge in [-0.05, 0) is 29.7 Å². The fourth-order valence-electron chi connectivity index (χ4n) is 3.87. The zero-order chi connectivity index (χ0) is 19.5. The molecule has 28 heavy (non-hydrogen) atoms. The van der Waals surface area contributed by atoms with Crippen molar-refractivity contribution in [1.29, 1.82) is 0 Å². The van der Waals surface area contributed by atoms with E-state index >= 15 is 0 Å². The van der Waals surface area contributed by atoms with Gasteiger partial charge in [-0.1, -0.05) is 72.3 Å². The molecule has 0 saturated carbocycles. The highest BCUT2D eigenvalue weighted by molar-refractivity contribution is 5.77. The van der Waals surface area contributed by atoms with Crippen molar-refractivity contribution in [1.82, 2.24) is 4.90 Å². The lowest BCUT2D eigenvalue weighted by Crippen LogP contribution is -2.34. The molecule has 0 radical (unpaired) electrons. The van der Waals surface area contributed by atoms with Crippen LogP contribution >= 0.6 is 0 Å². The maximum Gasteiger partial charge on any atom is 0.325 e. The smallest absolute Gasteiger partial charge is 0.325 e. The SMILES string of the molecule is Cc1cccc(-c2ccccc2CN2CCOc3ccccc3C2C(=O)O)c1. The summed E-state index contributed by atoms with van der Waals surface area (Å²) in [7, 11) is 0. The Morgan fingerprint density at radius 2 is 1.86 bits per heavy atom. The summed E-state index contributed by atoms with van der Waals surface area (Å²) < 4.78 is 5.82. The van der Waals surface area contributed by atoms with Gasteiger partial charge in [0.05, 0.1) is 0 Å². The molecule has 4 rings (SSSR count). The maximum atomic E-state index is 12.2. The second-order valence-corrected chi connectivity index (χ2v) is 7.12. The van der Waals surface area contributed by atoms with Gasteiger partial charge in [0.2, 0.25) is 0 Å². The van der Waals surface area contributed by atoms with Crippen LogP contribution in [-0.2, 0) is 11.3 Å². The molecule has 0 aromatic heterocycles. The van der Waals surface area contributed by atoms with Crippen molar-refractivity contribution in [3.05, 3.63) is 89.5 Å². The summed E-state index contributed by atoms with van der Waals surface area (Å²) in [4.78, 5) is 14.2. The molecule has 0 saturated heterocycles. The molecule has 1 N–H and O–H groups in total. The first-order chi connectivity index (χ1) is 13.6. The fraction of sp³-hybridized carbons (Fsp3) is 0.208. The van der Waals surface area contributed by atoms with E-state index in [0.29, 0.717) is 31.0 Å². The number of hydrogen-bond acceptors (Lipinski definition) is 3. The molecular formula is C24H23NO3. The number of carboxylic acids is 1. The minimum atomic E-state index is -0.856. The standard InChI is InChI=1S/C24H23NO3/c1-17-7-6-9-18(15-17)20-10-3-2-8-19(20)16-25-13-14-28-22-12-5-4-11-21(22)23(25)24(26)27/h2-12,15,23H,13-14,16H2,1H3,(H,26,27). The number of aliphatic carboxylic acids is 1. The van der Waals surface area contributed by atoms with E-state index < -0.39 is 12.0 Å². The van der Waals surface area contributed by atoms with E-state index in [1.165, 1.54) is 5.56 Å². The number of aryl methyl sites for hydroxylation is 1. The molecule has 0 aliphatic carbocycles. The van der Waals surface area contributed by atoms with Crippen LogP contribution in [0.5, 0.6) is 5.75 Å². The van der Waals surface area contributed by atoms with Crippen molar-refractivity contribution in [3.63, 3.8) is 0 Å². The van der Waals surface area contributed by atoms with Gasteiger partial charge in [0.1, 0.15) is 18.4 Å². The number of para-hydroxylation sites is 1. The second-order valence-electron chi connectivity index (χ2n) is 7.12. The topological polar surface area (TPSA) is 49.8 Å². The molecule has 1 aliphatic heterocycles. The van der Waals surface area contributed by atoms with Crippen molar-refractivity contribution >= 4 is 5.97 Å². The van der Waals surface area contributed by atoms with Crippen LogP contribution in [0, 0.1) is 6.92 Å². The van der Waals surface area contributed by atoms with Gasteiger partial charge in [-0.3, -0.25) is 9.69 Å². The minimum absolute atomic E-state index is 0.466. The summed E-state index contributed by atoms with van der Waals surface area (Å²) in [6, 6.07) is 23.3.